The minimum atomic E-state index is 0. The van der Waals surface area contributed by atoms with E-state index in [-0.39, 0.29) is 146 Å². The third kappa shape index (κ3) is 962. The summed E-state index contributed by atoms with van der Waals surface area (Å²) in [5, 5.41) is 25.0. The molecule has 15 heavy (non-hydrogen) atoms. The van der Waals surface area contributed by atoms with Crippen molar-refractivity contribution in [2.75, 3.05) is 0 Å². The summed E-state index contributed by atoms with van der Waals surface area (Å²) in [5.41, 5.74) is 0. The van der Waals surface area contributed by atoms with E-state index in [9.17, 15) is 0 Å². The van der Waals surface area contributed by atoms with Crippen LogP contribution in [-0.4, -0.2) is 21.9 Å². The van der Waals surface area contributed by atoms with Crippen LogP contribution in [0, 0.1) is 47.3 Å². The predicted molar refractivity (Wildman–Crippen MR) is 34.3 cm³/mol. The maximum atomic E-state index is 6.25. The molecule has 0 aliphatic carbocycles. The largest absolute Gasteiger partial charge is 2.00 e. The zero-order valence-electron chi connectivity index (χ0n) is 8.11. The van der Waals surface area contributed by atoms with E-state index in [2.05, 4.69) is 0 Å². The second-order valence-electron chi connectivity index (χ2n) is 0. The van der Waals surface area contributed by atoms with Gasteiger partial charge in [0.05, 0.1) is 0 Å². The Balaban J connectivity index is -0.00000000137. The second-order valence-corrected chi connectivity index (χ2v) is 0. The van der Waals surface area contributed by atoms with Gasteiger partial charge in [-0.05, 0) is 0 Å². The van der Waals surface area contributed by atoms with Gasteiger partial charge < -0.3 is 69.2 Å². The Bertz CT molecular complexity index is 75.6. The van der Waals surface area contributed by atoms with Gasteiger partial charge in [-0.25, -0.2) is 0 Å². The van der Waals surface area contributed by atoms with Crippen LogP contribution < -0.4 is 103 Å². The van der Waals surface area contributed by atoms with Crippen LogP contribution in [0.25, 0.3) is 0 Å². The van der Waals surface area contributed by atoms with Crippen molar-refractivity contribution in [3.8, 4) is 0 Å². The van der Waals surface area contributed by atoms with Crippen LogP contribution in [0.5, 0.6) is 0 Å². The Kier molecular flexibility index (Phi) is 9260. The Morgan fingerprint density at radius 3 is 0.400 bits per heavy atom. The third-order valence-corrected chi connectivity index (χ3v) is 0. The summed E-state index contributed by atoms with van der Waals surface area (Å²) < 4.78 is 0. The first-order valence-electron chi connectivity index (χ1n) is 0.894. The summed E-state index contributed by atoms with van der Waals surface area (Å²) in [5.74, 6) is 0. The van der Waals surface area contributed by atoms with Crippen molar-refractivity contribution < 1.29 is 146 Å². The van der Waals surface area contributed by atoms with Gasteiger partial charge in [-0.2, -0.15) is 0 Å². The maximum absolute atomic E-state index is 6.25. The Morgan fingerprint density at radius 2 is 0.400 bits per heavy atom. The van der Waals surface area contributed by atoms with E-state index in [4.69, 9.17) is 47.3 Å². The fraction of sp³-hybridized carbons (Fsp3) is 0. The van der Waals surface area contributed by atoms with E-state index in [1.54, 1.807) is 0 Å². The Labute approximate surface area is 189 Å². The van der Waals surface area contributed by atoms with Gasteiger partial charge in [-0.3, -0.25) is 0 Å². The van der Waals surface area contributed by atoms with E-state index in [0.717, 1.165) is 0 Å². The quantitative estimate of drug-likeness (QED) is 0.259. The molecule has 0 saturated carbocycles. The first kappa shape index (κ1) is 125. The van der Waals surface area contributed by atoms with Crippen LogP contribution >= 0.6 is 0 Å². The van der Waals surface area contributed by atoms with Crippen molar-refractivity contribution in [1.29, 1.82) is 21.0 Å². The minimum absolute atomic E-state index is 0. The van der Waals surface area contributed by atoms with Crippen molar-refractivity contribution in [1.82, 2.24) is 0 Å². The molecule has 0 heterocycles. The molecule has 11 heteroatoms. The fourth-order valence-corrected chi connectivity index (χ4v) is 0. The van der Waals surface area contributed by atoms with Gasteiger partial charge in [-0.1, -0.05) is 0 Å². The van der Waals surface area contributed by atoms with E-state index >= 15 is 0 Å². The Hall–Kier alpha value is 1.76. The number of rotatable bonds is 0. The van der Waals surface area contributed by atoms with Crippen LogP contribution in [0.2, 0.25) is 0 Å². The fourth-order valence-electron chi connectivity index (χ4n) is 0. The van der Waals surface area contributed by atoms with E-state index in [1.165, 1.54) is 0 Å². The van der Waals surface area contributed by atoms with Crippen LogP contribution in [0.1, 0.15) is 0 Å². The smallest absolute Gasteiger partial charge is 0.512 e. The normalized spacial score (nSPS) is 0.533. The third-order valence-electron chi connectivity index (χ3n) is 0. The summed E-state index contributed by atoms with van der Waals surface area (Å²) in [6, 6.07) is 0. The van der Waals surface area contributed by atoms with Gasteiger partial charge in [0.25, 0.3) is 0 Å². The van der Waals surface area contributed by atoms with Crippen molar-refractivity contribution >= 4 is 0 Å². The molecule has 0 aromatic heterocycles. The molecule has 0 aliphatic heterocycles. The van der Waals surface area contributed by atoms with Crippen molar-refractivity contribution in [2.45, 2.75) is 0 Å². The molecule has 8 N–H and O–H groups in total. The predicted octanol–water partition coefficient (Wildman–Crippen LogP) is -8.91. The van der Waals surface area contributed by atoms with E-state index in [0.29, 0.717) is 0 Å². The van der Waals surface area contributed by atoms with Crippen LogP contribution in [0.3, 0.4) is 0 Å². The molecular weight excluding hydrogens is 441 g/mol. The summed E-state index contributed by atoms with van der Waals surface area (Å²) in [7, 11) is 0. The average molecular weight is 449 g/mol. The van der Waals surface area contributed by atoms with Crippen molar-refractivity contribution in [3.05, 3.63) is 26.3 Å². The molecule has 0 amide bonds. The van der Waals surface area contributed by atoms with Crippen LogP contribution in [-0.2, 0) is 21.1 Å². The van der Waals surface area contributed by atoms with Gasteiger partial charge in [0.1, 0.15) is 0 Å². The van der Waals surface area contributed by atoms with Crippen molar-refractivity contribution in [2.24, 2.45) is 0 Å². The molecule has 0 saturated heterocycles. The second kappa shape index (κ2) is 1110. The topological polar surface area (TPSA) is 221 Å². The molecule has 0 bridgehead atoms. The molecule has 0 aliphatic rings. The molecule has 0 aromatic rings. The molecule has 0 rings (SSSR count). The molecule has 80 valence electrons. The van der Waals surface area contributed by atoms with Gasteiger partial charge in [0.15, 0.2) is 0 Å². The Morgan fingerprint density at radius 1 is 0.400 bits per heavy atom. The minimum Gasteiger partial charge on any atom is -0.512 e. The summed E-state index contributed by atoms with van der Waals surface area (Å²) >= 11 is 0. The van der Waals surface area contributed by atoms with Gasteiger partial charge in [-0.15, -0.1) is 0 Å². The number of hydrogen-bond acceptors (Lipinski definition) is 4. The van der Waals surface area contributed by atoms with E-state index in [1.807, 2.05) is 0 Å². The molecule has 0 unspecified atom stereocenters. The summed E-state index contributed by atoms with van der Waals surface area (Å²) in [4.78, 5) is 0. The van der Waals surface area contributed by atoms with Crippen LogP contribution in [0.4, 0.5) is 0 Å². The van der Waals surface area contributed by atoms with Gasteiger partial charge in [0.2, 0.25) is 0 Å². The first-order valence-corrected chi connectivity index (χ1v) is 0.894. The number of hydrogen-bond donors (Lipinski definition) is 0. The molecule has 0 radical (unpaired) electrons. The van der Waals surface area contributed by atoms with Gasteiger partial charge in [0, 0.05) is 0 Å². The molecule has 0 aromatic carbocycles. The molecule has 0 atom stereocenters. The SMILES string of the molecule is O.O.O.O.[C-]#N.[C-]#N.[C-]#N.[C-]#N.[K+].[K+].[Pt+2]. The van der Waals surface area contributed by atoms with Crippen molar-refractivity contribution in [3.63, 3.8) is 0 Å². The van der Waals surface area contributed by atoms with E-state index < -0.39 is 0 Å². The van der Waals surface area contributed by atoms with Gasteiger partial charge >= 0.3 is 124 Å². The van der Waals surface area contributed by atoms with Crippen LogP contribution in [0.15, 0.2) is 0 Å². The molecule has 0 spiro atoms. The zero-order valence-corrected chi connectivity index (χ0v) is 16.6. The molecular formula is C4H8K2N4O4Pt. The average Bonchev–Trinajstić information content (AvgIpc) is 2.03. The number of nitrogens with zero attached hydrogens (tertiary/aromatic N) is 4. The monoisotopic (exact) mass is 449 g/mol. The maximum Gasteiger partial charge on any atom is 2.00 e. The standard InChI is InChI=1S/4CN.2K.4H2O.Pt/c4*1-2;;;;;;;/h;;;;;;4*1H2;/q4*-1;2*+1;;;;;+2. The zero-order chi connectivity index (χ0) is 8.00. The molecule has 8 nitrogen and oxygen atoms in total. The summed E-state index contributed by atoms with van der Waals surface area (Å²) in [6.45, 7) is 19.0. The molecule has 0 fully saturated rings. The summed E-state index contributed by atoms with van der Waals surface area (Å²) in [6.07, 6.45) is 0. The first-order chi connectivity index (χ1) is 4.00.